The Morgan fingerprint density at radius 2 is 1.66 bits per heavy atom. The van der Waals surface area contributed by atoms with Crippen LogP contribution in [0.25, 0.3) is 11.3 Å². The smallest absolute Gasteiger partial charge is 0.264 e. The summed E-state index contributed by atoms with van der Waals surface area (Å²) in [6.45, 7) is 6.31. The maximum absolute atomic E-state index is 15.3. The van der Waals surface area contributed by atoms with Gasteiger partial charge < -0.3 is 24.2 Å². The maximum atomic E-state index is 15.3. The summed E-state index contributed by atoms with van der Waals surface area (Å²) in [5.41, 5.74) is 7.03. The number of hydrogen-bond acceptors (Lipinski definition) is 7. The van der Waals surface area contributed by atoms with E-state index in [-0.39, 0.29) is 23.6 Å². The van der Waals surface area contributed by atoms with E-state index < -0.39 is 5.82 Å². The number of rotatable bonds is 7. The minimum atomic E-state index is -0.475. The Morgan fingerprint density at radius 1 is 0.906 bits per heavy atom. The number of carbonyl (C=O) groups excluding carboxylic acids is 2. The molecule has 0 bridgehead atoms. The largest absolute Gasteiger partial charge is 0.508 e. The molecule has 0 saturated carbocycles. The van der Waals surface area contributed by atoms with Gasteiger partial charge in [-0.1, -0.05) is 24.3 Å². The van der Waals surface area contributed by atoms with E-state index in [0.717, 1.165) is 42.0 Å². The summed E-state index contributed by atoms with van der Waals surface area (Å²) in [6, 6.07) is 22.7. The fourth-order valence-corrected chi connectivity index (χ4v) is 7.91. The van der Waals surface area contributed by atoms with E-state index >= 15 is 9.18 Å². The molecule has 0 unspecified atom stereocenters. The number of aromatic nitrogens is 2. The Kier molecular flexibility index (Phi) is 9.22. The zero-order valence-corrected chi connectivity index (χ0v) is 30.3. The van der Waals surface area contributed by atoms with E-state index in [1.807, 2.05) is 48.7 Å². The number of aromatic hydroxyl groups is 1. The molecule has 1 fully saturated rings. The van der Waals surface area contributed by atoms with Crippen LogP contribution in [-0.4, -0.2) is 82.2 Å². The molecule has 0 aliphatic carbocycles. The van der Waals surface area contributed by atoms with Crippen molar-refractivity contribution in [3.05, 3.63) is 124 Å². The average Bonchev–Trinajstić information content (AvgIpc) is 3.70. The molecule has 3 aliphatic rings. The molecule has 3 aromatic carbocycles. The van der Waals surface area contributed by atoms with Crippen molar-refractivity contribution in [3.8, 4) is 17.0 Å². The highest BCUT2D eigenvalue weighted by Gasteiger charge is 2.33. The van der Waals surface area contributed by atoms with Gasteiger partial charge in [0, 0.05) is 81.1 Å². The molecule has 0 spiro atoms. The van der Waals surface area contributed by atoms with E-state index in [0.29, 0.717) is 73.2 Å². The molecule has 1 N–H and O–H groups in total. The van der Waals surface area contributed by atoms with E-state index in [9.17, 15) is 9.90 Å². The minimum Gasteiger partial charge on any atom is -0.508 e. The lowest BCUT2D eigenvalue weighted by molar-refractivity contribution is 0.0332. The van der Waals surface area contributed by atoms with Crippen LogP contribution in [0.1, 0.15) is 50.0 Å². The molecule has 1 saturated heterocycles. The van der Waals surface area contributed by atoms with Gasteiger partial charge >= 0.3 is 0 Å². The number of carbonyl (C=O) groups is 2. The number of amides is 2. The summed E-state index contributed by atoms with van der Waals surface area (Å²) in [6.07, 6.45) is 3.24. The number of likely N-dealkylation sites (N-methyl/N-ethyl adjacent to an activating group) is 1. The van der Waals surface area contributed by atoms with Crippen LogP contribution in [0.2, 0.25) is 0 Å². The van der Waals surface area contributed by atoms with Crippen LogP contribution in [0.3, 0.4) is 0 Å². The Morgan fingerprint density at radius 3 is 2.43 bits per heavy atom. The van der Waals surface area contributed by atoms with Crippen molar-refractivity contribution in [3.63, 3.8) is 0 Å². The highest BCUT2D eigenvalue weighted by atomic mass is 19.1. The van der Waals surface area contributed by atoms with Gasteiger partial charge in [-0.15, -0.1) is 0 Å². The number of pyridine rings is 1. The number of hydrogen-bond donors (Lipinski definition) is 1. The van der Waals surface area contributed by atoms with Crippen molar-refractivity contribution < 1.29 is 23.8 Å². The number of fused-ring (bicyclic) bond motifs is 2. The zero-order chi connectivity index (χ0) is 36.8. The van der Waals surface area contributed by atoms with Gasteiger partial charge in [0.05, 0.1) is 30.7 Å². The lowest BCUT2D eigenvalue weighted by Crippen LogP contribution is -2.42. The Hall–Kier alpha value is -5.52. The van der Waals surface area contributed by atoms with Crippen molar-refractivity contribution in [1.29, 1.82) is 0 Å². The highest BCUT2D eigenvalue weighted by Crippen LogP contribution is 2.37. The van der Waals surface area contributed by atoms with Gasteiger partial charge in [0.15, 0.2) is 0 Å². The first-order valence-corrected chi connectivity index (χ1v) is 18.2. The lowest BCUT2D eigenvalue weighted by Gasteiger charge is -2.35. The van der Waals surface area contributed by atoms with Crippen molar-refractivity contribution in [2.24, 2.45) is 7.05 Å². The zero-order valence-electron chi connectivity index (χ0n) is 30.3. The maximum Gasteiger partial charge on any atom is 0.264 e. The third-order valence-corrected chi connectivity index (χ3v) is 10.9. The van der Waals surface area contributed by atoms with Gasteiger partial charge in [-0.25, -0.2) is 9.37 Å². The minimum absolute atomic E-state index is 0.0580. The number of benzene rings is 3. The van der Waals surface area contributed by atoms with Crippen molar-refractivity contribution in [1.82, 2.24) is 19.4 Å². The number of anilines is 3. The molecule has 272 valence electrons. The number of nitrogens with zero attached hydrogens (tertiary/aromatic N) is 6. The Balaban J connectivity index is 1.25. The molecule has 1 atom stereocenters. The van der Waals surface area contributed by atoms with Crippen LogP contribution < -0.4 is 9.80 Å². The number of phenols is 1. The molecule has 53 heavy (non-hydrogen) atoms. The normalized spacial score (nSPS) is 17.1. The first kappa shape index (κ1) is 34.6. The quantitative estimate of drug-likeness (QED) is 0.211. The SMILES string of the molecule is C[C@@H]1Cc2ccccc2CN1C(=O)c1ccc(F)cc1-c1cc(C(=O)N(c2ccc(O)cc2)c2cnc3c(c2)CCN3C)c(CN2CCOCC2)n1C. The number of ether oxygens (including phenoxy) is 1. The summed E-state index contributed by atoms with van der Waals surface area (Å²) < 4.78 is 22.8. The van der Waals surface area contributed by atoms with E-state index in [4.69, 9.17) is 9.72 Å². The molecule has 5 aromatic rings. The standard InChI is InChI=1S/C42H43FN6O4/c1-27-20-28-6-4-5-7-30(28)25-48(27)41(51)35-13-8-31(43)22-36(35)38-23-37(39(46(38)3)26-47-16-18-53-19-17-47)42(52)49(32-9-11-34(50)12-10-32)33-21-29-14-15-45(2)40(29)44-24-33/h4-13,21-24,27,50H,14-20,25-26H2,1-3H3/t27-/m1/s1. The van der Waals surface area contributed by atoms with E-state index in [1.54, 1.807) is 47.5 Å². The summed E-state index contributed by atoms with van der Waals surface area (Å²) >= 11 is 0. The van der Waals surface area contributed by atoms with Crippen LogP contribution in [0.5, 0.6) is 5.75 Å². The second-order valence-corrected chi connectivity index (χ2v) is 14.3. The summed E-state index contributed by atoms with van der Waals surface area (Å²) in [4.78, 5) is 42.2. The topological polar surface area (TPSA) is 94.4 Å². The molecule has 10 nitrogen and oxygen atoms in total. The van der Waals surface area contributed by atoms with Crippen LogP contribution in [0, 0.1) is 5.82 Å². The first-order valence-electron chi connectivity index (χ1n) is 18.2. The average molecular weight is 715 g/mol. The van der Waals surface area contributed by atoms with Crippen molar-refractivity contribution in [2.45, 2.75) is 38.9 Å². The number of morpholine rings is 1. The summed E-state index contributed by atoms with van der Waals surface area (Å²) in [7, 11) is 3.87. The van der Waals surface area contributed by atoms with Gasteiger partial charge in [-0.05, 0) is 91.1 Å². The van der Waals surface area contributed by atoms with Gasteiger partial charge in [-0.3, -0.25) is 19.4 Å². The number of halogens is 1. The first-order chi connectivity index (χ1) is 25.7. The fraction of sp³-hybridized carbons (Fsp3) is 0.310. The highest BCUT2D eigenvalue weighted by molar-refractivity contribution is 6.12. The lowest BCUT2D eigenvalue weighted by atomic mass is 9.93. The van der Waals surface area contributed by atoms with E-state index in [1.165, 1.54) is 17.7 Å². The molecule has 5 heterocycles. The molecule has 2 amide bonds. The number of phenolic OH excluding ortho intramolecular Hbond substituents is 1. The molecule has 2 aromatic heterocycles. The molecule has 8 rings (SSSR count). The van der Waals surface area contributed by atoms with Crippen LogP contribution in [-0.2, 0) is 37.7 Å². The van der Waals surface area contributed by atoms with Gasteiger partial charge in [0.2, 0.25) is 0 Å². The van der Waals surface area contributed by atoms with Gasteiger partial charge in [0.25, 0.3) is 11.8 Å². The van der Waals surface area contributed by atoms with Crippen LogP contribution >= 0.6 is 0 Å². The summed E-state index contributed by atoms with van der Waals surface area (Å²) in [5, 5.41) is 10.2. The fourth-order valence-electron chi connectivity index (χ4n) is 7.91. The van der Waals surface area contributed by atoms with Gasteiger partial charge in [-0.2, -0.15) is 0 Å². The molecule has 0 radical (unpaired) electrons. The Labute approximate surface area is 308 Å². The van der Waals surface area contributed by atoms with Gasteiger partial charge in [0.1, 0.15) is 17.4 Å². The molecule has 11 heteroatoms. The third-order valence-electron chi connectivity index (χ3n) is 10.9. The molecular weight excluding hydrogens is 671 g/mol. The second kappa shape index (κ2) is 14.1. The van der Waals surface area contributed by atoms with Crippen LogP contribution in [0.15, 0.2) is 85.1 Å². The van der Waals surface area contributed by atoms with Crippen molar-refractivity contribution >= 4 is 29.0 Å². The molecule has 3 aliphatic heterocycles. The van der Waals surface area contributed by atoms with Crippen molar-refractivity contribution in [2.75, 3.05) is 49.7 Å². The predicted octanol–water partition coefficient (Wildman–Crippen LogP) is 6.32. The Bertz CT molecular complexity index is 2190. The second-order valence-electron chi connectivity index (χ2n) is 14.3. The third kappa shape index (κ3) is 6.55. The molecular formula is C42H43FN6O4. The monoisotopic (exact) mass is 714 g/mol. The van der Waals surface area contributed by atoms with Crippen LogP contribution in [0.4, 0.5) is 21.6 Å². The predicted molar refractivity (Wildman–Crippen MR) is 202 cm³/mol. The summed E-state index contributed by atoms with van der Waals surface area (Å²) in [5.74, 6) is -0.00112. The van der Waals surface area contributed by atoms with E-state index in [2.05, 4.69) is 21.9 Å².